The number of benzene rings is 1. The fourth-order valence-corrected chi connectivity index (χ4v) is 3.28. The summed E-state index contributed by atoms with van der Waals surface area (Å²) in [5.74, 6) is -0.205. The van der Waals surface area contributed by atoms with Gasteiger partial charge in [-0.15, -0.1) is 0 Å². The third-order valence-electron chi connectivity index (χ3n) is 5.07. The maximum absolute atomic E-state index is 14.4. The molecule has 1 aliphatic heterocycles. The molecule has 0 fully saturated rings. The summed E-state index contributed by atoms with van der Waals surface area (Å²) in [6, 6.07) is 7.64. The van der Waals surface area contributed by atoms with Gasteiger partial charge in [-0.05, 0) is 49.8 Å². The number of hydrogen-bond donors (Lipinski definition) is 2. The van der Waals surface area contributed by atoms with Gasteiger partial charge in [-0.1, -0.05) is 18.2 Å². The molecule has 7 nitrogen and oxygen atoms in total. The van der Waals surface area contributed by atoms with Crippen LogP contribution >= 0.6 is 0 Å². The van der Waals surface area contributed by atoms with Gasteiger partial charge in [0.05, 0.1) is 17.4 Å². The number of amides is 1. The van der Waals surface area contributed by atoms with E-state index in [0.29, 0.717) is 22.5 Å². The smallest absolute Gasteiger partial charge is 0.257 e. The quantitative estimate of drug-likeness (QED) is 0.718. The van der Waals surface area contributed by atoms with Crippen molar-refractivity contribution in [3.05, 3.63) is 94.9 Å². The Hall–Kier alpha value is -3.65. The fourth-order valence-electron chi connectivity index (χ4n) is 3.28. The zero-order valence-electron chi connectivity index (χ0n) is 17.7. The molecule has 1 atom stereocenters. The Morgan fingerprint density at radius 2 is 2.22 bits per heavy atom. The first-order chi connectivity index (χ1) is 15.3. The first-order valence-corrected chi connectivity index (χ1v) is 10.1. The van der Waals surface area contributed by atoms with Crippen LogP contribution in [0.3, 0.4) is 0 Å². The van der Waals surface area contributed by atoms with Crippen LogP contribution in [0.5, 0.6) is 5.88 Å². The van der Waals surface area contributed by atoms with Crippen LogP contribution in [0.25, 0.3) is 0 Å². The first kappa shape index (κ1) is 21.6. The summed E-state index contributed by atoms with van der Waals surface area (Å²) in [7, 11) is 0. The topological polar surface area (TPSA) is 89.9 Å². The van der Waals surface area contributed by atoms with E-state index < -0.39 is 23.4 Å². The summed E-state index contributed by atoms with van der Waals surface area (Å²) in [6.07, 6.45) is 7.94. The molecule has 0 saturated heterocycles. The van der Waals surface area contributed by atoms with Crippen molar-refractivity contribution < 1.29 is 28.5 Å². The molecule has 2 aliphatic rings. The van der Waals surface area contributed by atoms with E-state index in [1.165, 1.54) is 12.3 Å². The first-order valence-electron chi connectivity index (χ1n) is 10.1. The maximum Gasteiger partial charge on any atom is 0.257 e. The molecule has 0 bridgehead atoms. The minimum atomic E-state index is -1.16. The monoisotopic (exact) mass is 438 g/mol. The SMILES string of the molecule is CC(C)(O)c1ccc(CNC(=O)c2cccnc2OC2C=CC=C3OCOC=C32)c(F)c1. The van der Waals surface area contributed by atoms with Crippen LogP contribution in [0, 0.1) is 5.82 Å². The van der Waals surface area contributed by atoms with E-state index in [1.54, 1.807) is 62.6 Å². The lowest BCUT2D eigenvalue weighted by molar-refractivity contribution is 0.00915. The minimum Gasteiger partial charge on any atom is -0.465 e. The molecule has 0 radical (unpaired) electrons. The number of aliphatic hydroxyl groups is 1. The van der Waals surface area contributed by atoms with Crippen LogP contribution in [0.2, 0.25) is 0 Å². The average Bonchev–Trinajstić information content (AvgIpc) is 2.78. The molecule has 1 amide bonds. The third-order valence-corrected chi connectivity index (χ3v) is 5.07. The second kappa shape index (κ2) is 8.84. The number of nitrogens with zero attached hydrogens (tertiary/aromatic N) is 1. The number of pyridine rings is 1. The Kier molecular flexibility index (Phi) is 5.96. The predicted molar refractivity (Wildman–Crippen MR) is 114 cm³/mol. The van der Waals surface area contributed by atoms with Crippen molar-refractivity contribution in [1.29, 1.82) is 0 Å². The highest BCUT2D eigenvalue weighted by Crippen LogP contribution is 2.29. The summed E-state index contributed by atoms with van der Waals surface area (Å²) in [5, 5.41) is 12.7. The number of rotatable bonds is 6. The summed E-state index contributed by atoms with van der Waals surface area (Å²) in [4.78, 5) is 17.0. The van der Waals surface area contributed by atoms with Crippen molar-refractivity contribution in [3.63, 3.8) is 0 Å². The second-order valence-electron chi connectivity index (χ2n) is 7.86. The van der Waals surface area contributed by atoms with Crippen molar-refractivity contribution in [2.45, 2.75) is 32.1 Å². The van der Waals surface area contributed by atoms with Crippen LogP contribution in [0.1, 0.15) is 35.3 Å². The number of carbonyl (C=O) groups is 1. The Morgan fingerprint density at radius 3 is 3.00 bits per heavy atom. The summed E-state index contributed by atoms with van der Waals surface area (Å²) in [5.41, 5.74) is 0.488. The number of carbonyl (C=O) groups excluding carboxylic acids is 1. The second-order valence-corrected chi connectivity index (χ2v) is 7.86. The zero-order chi connectivity index (χ0) is 22.7. The molecule has 1 aromatic carbocycles. The number of fused-ring (bicyclic) bond motifs is 1. The lowest BCUT2D eigenvalue weighted by Crippen LogP contribution is -2.28. The molecule has 166 valence electrons. The lowest BCUT2D eigenvalue weighted by Gasteiger charge is -2.26. The zero-order valence-corrected chi connectivity index (χ0v) is 17.7. The van der Waals surface area contributed by atoms with Crippen molar-refractivity contribution in [3.8, 4) is 5.88 Å². The standard InChI is InChI=1S/C24H23FN2O5/c1-24(2,29)16-9-8-15(19(25)11-16)12-27-22(28)17-5-4-10-26-23(17)32-21-7-3-6-20-18(21)13-30-14-31-20/h3-11,13,21,29H,12,14H2,1-2H3,(H,27,28). The molecule has 0 spiro atoms. The highest BCUT2D eigenvalue weighted by atomic mass is 19.1. The van der Waals surface area contributed by atoms with E-state index in [-0.39, 0.29) is 24.8 Å². The lowest BCUT2D eigenvalue weighted by atomic mass is 9.97. The number of hydrogen-bond acceptors (Lipinski definition) is 6. The van der Waals surface area contributed by atoms with Gasteiger partial charge in [0.25, 0.3) is 5.91 Å². The number of nitrogens with one attached hydrogen (secondary N) is 1. The Labute approximate surface area is 184 Å². The van der Waals surface area contributed by atoms with E-state index in [9.17, 15) is 14.3 Å². The van der Waals surface area contributed by atoms with Gasteiger partial charge in [-0.3, -0.25) is 4.79 Å². The van der Waals surface area contributed by atoms with E-state index in [2.05, 4.69) is 10.3 Å². The summed E-state index contributed by atoms with van der Waals surface area (Å²) >= 11 is 0. The molecule has 1 aliphatic carbocycles. The largest absolute Gasteiger partial charge is 0.465 e. The number of ether oxygens (including phenoxy) is 3. The van der Waals surface area contributed by atoms with Gasteiger partial charge in [-0.2, -0.15) is 0 Å². The van der Waals surface area contributed by atoms with Crippen LogP contribution in [0.4, 0.5) is 4.39 Å². The fraction of sp³-hybridized carbons (Fsp3) is 0.250. The van der Waals surface area contributed by atoms with Crippen LogP contribution in [-0.4, -0.2) is 28.9 Å². The Morgan fingerprint density at radius 1 is 1.38 bits per heavy atom. The Balaban J connectivity index is 1.47. The number of halogens is 1. The van der Waals surface area contributed by atoms with Crippen LogP contribution in [0.15, 0.2) is 72.4 Å². The van der Waals surface area contributed by atoms with Crippen molar-refractivity contribution in [2.24, 2.45) is 0 Å². The van der Waals surface area contributed by atoms with Gasteiger partial charge < -0.3 is 24.6 Å². The normalized spacial score (nSPS) is 17.3. The molecule has 1 unspecified atom stereocenters. The molecule has 8 heteroatoms. The molecular weight excluding hydrogens is 415 g/mol. The molecule has 2 heterocycles. The van der Waals surface area contributed by atoms with E-state index in [4.69, 9.17) is 14.2 Å². The van der Waals surface area contributed by atoms with Crippen molar-refractivity contribution >= 4 is 5.91 Å². The Bertz CT molecular complexity index is 1120. The van der Waals surface area contributed by atoms with Gasteiger partial charge in [0.1, 0.15) is 17.1 Å². The molecular formula is C24H23FN2O5. The highest BCUT2D eigenvalue weighted by Gasteiger charge is 2.26. The average molecular weight is 438 g/mol. The molecule has 2 aromatic rings. The minimum absolute atomic E-state index is 0.0335. The van der Waals surface area contributed by atoms with Crippen LogP contribution in [-0.2, 0) is 21.6 Å². The highest BCUT2D eigenvalue weighted by molar-refractivity contribution is 5.96. The number of aromatic nitrogens is 1. The predicted octanol–water partition coefficient (Wildman–Crippen LogP) is 3.47. The molecule has 0 saturated carbocycles. The molecule has 2 N–H and O–H groups in total. The van der Waals surface area contributed by atoms with E-state index in [1.807, 2.05) is 0 Å². The van der Waals surface area contributed by atoms with Gasteiger partial charge in [0.2, 0.25) is 12.7 Å². The van der Waals surface area contributed by atoms with Crippen molar-refractivity contribution in [2.75, 3.05) is 6.79 Å². The molecule has 32 heavy (non-hydrogen) atoms. The number of allylic oxidation sites excluding steroid dienone is 2. The maximum atomic E-state index is 14.4. The van der Waals surface area contributed by atoms with E-state index in [0.717, 1.165) is 0 Å². The van der Waals surface area contributed by atoms with Gasteiger partial charge >= 0.3 is 0 Å². The van der Waals surface area contributed by atoms with Gasteiger partial charge in [0.15, 0.2) is 6.10 Å². The molecule has 4 rings (SSSR count). The third kappa shape index (κ3) is 4.65. The van der Waals surface area contributed by atoms with Crippen LogP contribution < -0.4 is 10.1 Å². The molecule has 1 aromatic heterocycles. The summed E-state index contributed by atoms with van der Waals surface area (Å²) < 4.78 is 31.1. The van der Waals surface area contributed by atoms with Gasteiger partial charge in [-0.25, -0.2) is 9.37 Å². The van der Waals surface area contributed by atoms with Crippen molar-refractivity contribution in [1.82, 2.24) is 10.3 Å². The summed E-state index contributed by atoms with van der Waals surface area (Å²) in [6.45, 7) is 3.25. The van der Waals surface area contributed by atoms with Gasteiger partial charge in [0, 0.05) is 18.3 Å². The van der Waals surface area contributed by atoms with E-state index >= 15 is 0 Å².